The Morgan fingerprint density at radius 2 is 2.00 bits per heavy atom. The number of hydrogen-bond acceptors (Lipinski definition) is 3. The largest absolute Gasteiger partial charge is 0.480 e. The van der Waals surface area contributed by atoms with Crippen molar-refractivity contribution in [1.29, 1.82) is 0 Å². The third-order valence-electron chi connectivity index (χ3n) is 4.21. The predicted molar refractivity (Wildman–Crippen MR) is 79.5 cm³/mol. The van der Waals surface area contributed by atoms with Crippen molar-refractivity contribution in [2.45, 2.75) is 32.4 Å². The molecule has 1 heterocycles. The van der Waals surface area contributed by atoms with E-state index in [9.17, 15) is 13.6 Å². The topological polar surface area (TPSA) is 43.8 Å². The minimum absolute atomic E-state index is 0.0738. The van der Waals surface area contributed by atoms with Gasteiger partial charge in [-0.2, -0.15) is 0 Å². The highest BCUT2D eigenvalue weighted by Gasteiger charge is 2.25. The molecule has 4 nitrogen and oxygen atoms in total. The van der Waals surface area contributed by atoms with Gasteiger partial charge in [-0.25, -0.2) is 8.78 Å². The van der Waals surface area contributed by atoms with E-state index in [1.807, 2.05) is 11.8 Å². The molecule has 0 aromatic heterocycles. The third-order valence-corrected chi connectivity index (χ3v) is 4.21. The molecule has 0 radical (unpaired) electrons. The number of piperidine rings is 1. The van der Waals surface area contributed by atoms with Gasteiger partial charge in [0, 0.05) is 12.6 Å². The molecule has 0 unspecified atom stereocenters. The van der Waals surface area contributed by atoms with Crippen LogP contribution in [0, 0.1) is 11.6 Å². The van der Waals surface area contributed by atoms with E-state index in [1.54, 1.807) is 6.07 Å². The summed E-state index contributed by atoms with van der Waals surface area (Å²) in [5.41, 5.74) is 0.759. The normalized spacial score (nSPS) is 17.1. The summed E-state index contributed by atoms with van der Waals surface area (Å²) in [5, 5.41) is 8.92. The van der Waals surface area contributed by atoms with Gasteiger partial charge in [0.15, 0.2) is 11.6 Å². The lowest BCUT2D eigenvalue weighted by molar-refractivity contribution is -0.139. The second-order valence-corrected chi connectivity index (χ2v) is 5.71. The second-order valence-electron chi connectivity index (χ2n) is 5.71. The van der Waals surface area contributed by atoms with Crippen LogP contribution >= 0.6 is 0 Å². The monoisotopic (exact) mass is 312 g/mol. The van der Waals surface area contributed by atoms with Gasteiger partial charge in [-0.05, 0) is 50.2 Å². The predicted octanol–water partition coefficient (Wildman–Crippen LogP) is 2.34. The highest BCUT2D eigenvalue weighted by atomic mass is 19.2. The highest BCUT2D eigenvalue weighted by molar-refractivity contribution is 5.69. The van der Waals surface area contributed by atoms with E-state index in [1.165, 1.54) is 6.07 Å². The summed E-state index contributed by atoms with van der Waals surface area (Å²) in [6, 6.07) is 4.28. The molecule has 1 N–H and O–H groups in total. The molecule has 1 fully saturated rings. The molecule has 0 saturated carbocycles. The van der Waals surface area contributed by atoms with Crippen molar-refractivity contribution in [3.63, 3.8) is 0 Å². The number of likely N-dealkylation sites (tertiary alicyclic amines) is 1. The van der Waals surface area contributed by atoms with E-state index in [0.29, 0.717) is 6.54 Å². The number of aliphatic carboxylic acids is 1. The Kier molecular flexibility index (Phi) is 5.85. The van der Waals surface area contributed by atoms with Gasteiger partial charge in [0.05, 0.1) is 6.54 Å². The Morgan fingerprint density at radius 3 is 2.55 bits per heavy atom. The molecule has 0 amide bonds. The SMILES string of the molecule is CCN(CC(=O)O)C1CCN(Cc2ccc(F)c(F)c2)CC1. The molecule has 1 saturated heterocycles. The molecule has 0 spiro atoms. The second kappa shape index (κ2) is 7.65. The lowest BCUT2D eigenvalue weighted by Gasteiger charge is -2.37. The zero-order chi connectivity index (χ0) is 16.1. The number of halogens is 2. The zero-order valence-electron chi connectivity index (χ0n) is 12.8. The number of hydrogen-bond donors (Lipinski definition) is 1. The number of carbonyl (C=O) groups is 1. The van der Waals surface area contributed by atoms with E-state index in [-0.39, 0.29) is 12.6 Å². The quantitative estimate of drug-likeness (QED) is 0.875. The van der Waals surface area contributed by atoms with Crippen molar-refractivity contribution >= 4 is 5.97 Å². The molecule has 0 aliphatic carbocycles. The molecule has 1 aliphatic rings. The lowest BCUT2D eigenvalue weighted by Crippen LogP contribution is -2.46. The van der Waals surface area contributed by atoms with Gasteiger partial charge >= 0.3 is 5.97 Å². The van der Waals surface area contributed by atoms with Gasteiger partial charge in [0.2, 0.25) is 0 Å². The van der Waals surface area contributed by atoms with Crippen molar-refractivity contribution < 1.29 is 18.7 Å². The molecule has 1 aromatic carbocycles. The number of carboxylic acids is 1. The third kappa shape index (κ3) is 4.48. The molecule has 1 aliphatic heterocycles. The van der Waals surface area contributed by atoms with Crippen LogP contribution in [0.4, 0.5) is 8.78 Å². The van der Waals surface area contributed by atoms with Crippen LogP contribution in [0.5, 0.6) is 0 Å². The summed E-state index contributed by atoms with van der Waals surface area (Å²) in [7, 11) is 0. The first-order valence-corrected chi connectivity index (χ1v) is 7.61. The van der Waals surface area contributed by atoms with E-state index in [2.05, 4.69) is 4.90 Å². The zero-order valence-corrected chi connectivity index (χ0v) is 12.8. The maximum absolute atomic E-state index is 13.2. The van der Waals surface area contributed by atoms with Crippen molar-refractivity contribution in [2.75, 3.05) is 26.2 Å². The molecule has 122 valence electrons. The van der Waals surface area contributed by atoms with Crippen molar-refractivity contribution in [2.24, 2.45) is 0 Å². The fourth-order valence-electron chi connectivity index (χ4n) is 3.01. The van der Waals surface area contributed by atoms with Crippen LogP contribution in [0.2, 0.25) is 0 Å². The van der Waals surface area contributed by atoms with Crippen LogP contribution in [0.25, 0.3) is 0 Å². The van der Waals surface area contributed by atoms with E-state index in [0.717, 1.165) is 44.1 Å². The first-order valence-electron chi connectivity index (χ1n) is 7.61. The minimum Gasteiger partial charge on any atom is -0.480 e. The van der Waals surface area contributed by atoms with Crippen LogP contribution in [-0.4, -0.2) is 53.1 Å². The molecular weight excluding hydrogens is 290 g/mol. The fraction of sp³-hybridized carbons (Fsp3) is 0.562. The molecule has 0 bridgehead atoms. The molecule has 22 heavy (non-hydrogen) atoms. The number of rotatable bonds is 6. The fourth-order valence-corrected chi connectivity index (χ4v) is 3.01. The van der Waals surface area contributed by atoms with Gasteiger partial charge in [-0.1, -0.05) is 13.0 Å². The average Bonchev–Trinajstić information content (AvgIpc) is 2.49. The highest BCUT2D eigenvalue weighted by Crippen LogP contribution is 2.19. The van der Waals surface area contributed by atoms with Crippen LogP contribution in [0.3, 0.4) is 0 Å². The summed E-state index contributed by atoms with van der Waals surface area (Å²) in [4.78, 5) is 15.0. The number of carboxylic acid groups (broad SMARTS) is 1. The standard InChI is InChI=1S/C16H22F2N2O2/c1-2-20(11-16(21)22)13-5-7-19(8-6-13)10-12-3-4-14(17)15(18)9-12/h3-4,9,13H,2,5-8,10-11H2,1H3,(H,21,22). The van der Waals surface area contributed by atoms with Gasteiger partial charge in [0.25, 0.3) is 0 Å². The molecule has 6 heteroatoms. The Hall–Kier alpha value is -1.53. The Labute approximate surface area is 129 Å². The summed E-state index contributed by atoms with van der Waals surface area (Å²) in [6.07, 6.45) is 1.79. The van der Waals surface area contributed by atoms with Crippen LogP contribution in [0.15, 0.2) is 18.2 Å². The van der Waals surface area contributed by atoms with Crippen LogP contribution < -0.4 is 0 Å². The van der Waals surface area contributed by atoms with Crippen molar-refractivity contribution in [1.82, 2.24) is 9.80 Å². The van der Waals surface area contributed by atoms with Crippen LogP contribution in [0.1, 0.15) is 25.3 Å². The summed E-state index contributed by atoms with van der Waals surface area (Å²) in [5.74, 6) is -2.44. The van der Waals surface area contributed by atoms with Crippen LogP contribution in [-0.2, 0) is 11.3 Å². The molecular formula is C16H22F2N2O2. The first-order chi connectivity index (χ1) is 10.5. The maximum atomic E-state index is 13.2. The Bertz CT molecular complexity index is 517. The van der Waals surface area contributed by atoms with Gasteiger partial charge in [0.1, 0.15) is 0 Å². The molecule has 2 rings (SSSR count). The molecule has 0 atom stereocenters. The minimum atomic E-state index is -0.824. The smallest absolute Gasteiger partial charge is 0.317 e. The number of benzene rings is 1. The van der Waals surface area contributed by atoms with Gasteiger partial charge in [-0.15, -0.1) is 0 Å². The van der Waals surface area contributed by atoms with Crippen molar-refractivity contribution in [3.8, 4) is 0 Å². The van der Waals surface area contributed by atoms with E-state index < -0.39 is 17.6 Å². The molecule has 1 aromatic rings. The maximum Gasteiger partial charge on any atom is 0.317 e. The van der Waals surface area contributed by atoms with Crippen molar-refractivity contribution in [3.05, 3.63) is 35.4 Å². The Balaban J connectivity index is 1.86. The lowest BCUT2D eigenvalue weighted by atomic mass is 10.0. The summed E-state index contributed by atoms with van der Waals surface area (Å²) < 4.78 is 26.1. The average molecular weight is 312 g/mol. The first kappa shape index (κ1) is 16.8. The van der Waals surface area contributed by atoms with E-state index >= 15 is 0 Å². The Morgan fingerprint density at radius 1 is 1.32 bits per heavy atom. The van der Waals surface area contributed by atoms with Gasteiger partial charge in [-0.3, -0.25) is 14.6 Å². The van der Waals surface area contributed by atoms with Gasteiger partial charge < -0.3 is 5.11 Å². The summed E-state index contributed by atoms with van der Waals surface area (Å²) in [6.45, 7) is 5.02. The summed E-state index contributed by atoms with van der Waals surface area (Å²) >= 11 is 0. The number of nitrogens with zero attached hydrogens (tertiary/aromatic N) is 2. The van der Waals surface area contributed by atoms with E-state index in [4.69, 9.17) is 5.11 Å². The number of likely N-dealkylation sites (N-methyl/N-ethyl adjacent to an activating group) is 1.